The first kappa shape index (κ1) is 19.8. The molecule has 8 heteroatoms. The minimum absolute atomic E-state index is 0.326. The molecule has 0 aromatic heterocycles. The van der Waals surface area contributed by atoms with Crippen molar-refractivity contribution in [3.63, 3.8) is 0 Å². The van der Waals surface area contributed by atoms with Crippen LogP contribution in [0.3, 0.4) is 0 Å². The topological polar surface area (TPSA) is 61.8 Å². The third-order valence-electron chi connectivity index (χ3n) is 2.82. The van der Waals surface area contributed by atoms with Gasteiger partial charge in [-0.05, 0) is 18.2 Å². The molecular weight excluding hydrogens is 329 g/mol. The van der Waals surface area contributed by atoms with Gasteiger partial charge in [0.05, 0.1) is 11.5 Å². The molecule has 1 aromatic rings. The smallest absolute Gasteiger partial charge is 0.425 e. The van der Waals surface area contributed by atoms with Crippen LogP contribution in [0.2, 0.25) is 0 Å². The standard InChI is InChI=1S/C16H19F3O5/c1-9(2)13(20)23-14(10(3)4)24-15(21)22-12-7-5-6-11(8-12)16(17,18)19/h5-10,14H,1-4H3. The van der Waals surface area contributed by atoms with Gasteiger partial charge in [-0.1, -0.05) is 33.8 Å². The molecule has 24 heavy (non-hydrogen) atoms. The predicted molar refractivity (Wildman–Crippen MR) is 78.1 cm³/mol. The summed E-state index contributed by atoms with van der Waals surface area (Å²) >= 11 is 0. The molecule has 1 rings (SSSR count). The van der Waals surface area contributed by atoms with Gasteiger partial charge in [-0.25, -0.2) is 4.79 Å². The molecule has 0 spiro atoms. The summed E-state index contributed by atoms with van der Waals surface area (Å²) in [7, 11) is 0. The van der Waals surface area contributed by atoms with Crippen molar-refractivity contribution >= 4 is 12.1 Å². The van der Waals surface area contributed by atoms with Crippen molar-refractivity contribution in [1.82, 2.24) is 0 Å². The SMILES string of the molecule is CC(C)C(=O)OC(OC(=O)Oc1cccc(C(F)(F)F)c1)C(C)C. The van der Waals surface area contributed by atoms with Gasteiger partial charge in [-0.2, -0.15) is 13.2 Å². The Labute approximate surface area is 137 Å². The van der Waals surface area contributed by atoms with E-state index in [0.29, 0.717) is 6.07 Å². The van der Waals surface area contributed by atoms with Crippen molar-refractivity contribution in [3.05, 3.63) is 29.8 Å². The summed E-state index contributed by atoms with van der Waals surface area (Å²) in [4.78, 5) is 23.3. The lowest BCUT2D eigenvalue weighted by Crippen LogP contribution is -2.32. The molecule has 0 fully saturated rings. The fraction of sp³-hybridized carbons (Fsp3) is 0.500. The van der Waals surface area contributed by atoms with Crippen molar-refractivity contribution in [1.29, 1.82) is 0 Å². The summed E-state index contributed by atoms with van der Waals surface area (Å²) in [5.74, 6) is -1.68. The summed E-state index contributed by atoms with van der Waals surface area (Å²) in [6, 6.07) is 3.80. The zero-order chi connectivity index (χ0) is 18.5. The molecule has 0 aliphatic rings. The average Bonchev–Trinajstić information content (AvgIpc) is 2.45. The second kappa shape index (κ2) is 8.03. The first-order valence-electron chi connectivity index (χ1n) is 7.27. The lowest BCUT2D eigenvalue weighted by atomic mass is 10.2. The predicted octanol–water partition coefficient (Wildman–Crippen LogP) is 4.40. The van der Waals surface area contributed by atoms with Gasteiger partial charge in [0.15, 0.2) is 0 Å². The van der Waals surface area contributed by atoms with Gasteiger partial charge >= 0.3 is 18.3 Å². The summed E-state index contributed by atoms with van der Waals surface area (Å²) in [6.07, 6.45) is -7.01. The number of rotatable bonds is 5. The van der Waals surface area contributed by atoms with Gasteiger partial charge in [0.25, 0.3) is 6.29 Å². The second-order valence-corrected chi connectivity index (χ2v) is 5.70. The maximum Gasteiger partial charge on any atom is 0.516 e. The number of carbonyl (C=O) groups excluding carboxylic acids is 2. The minimum atomic E-state index is -4.56. The molecule has 134 valence electrons. The molecule has 1 atom stereocenters. The van der Waals surface area contributed by atoms with Crippen LogP contribution in [0.25, 0.3) is 0 Å². The van der Waals surface area contributed by atoms with Crippen molar-refractivity contribution in [2.24, 2.45) is 11.8 Å². The van der Waals surface area contributed by atoms with Crippen LogP contribution < -0.4 is 4.74 Å². The Balaban J connectivity index is 2.74. The number of hydrogen-bond acceptors (Lipinski definition) is 5. The second-order valence-electron chi connectivity index (χ2n) is 5.70. The third kappa shape index (κ3) is 6.10. The Morgan fingerprint density at radius 2 is 1.67 bits per heavy atom. The Bertz CT molecular complexity index is 581. The summed E-state index contributed by atoms with van der Waals surface area (Å²) < 4.78 is 52.4. The van der Waals surface area contributed by atoms with Crippen LogP contribution in [0.4, 0.5) is 18.0 Å². The van der Waals surface area contributed by atoms with Crippen LogP contribution in [-0.2, 0) is 20.4 Å². The molecular formula is C16H19F3O5. The van der Waals surface area contributed by atoms with E-state index in [-0.39, 0.29) is 11.7 Å². The molecule has 0 aliphatic heterocycles. The van der Waals surface area contributed by atoms with E-state index in [9.17, 15) is 22.8 Å². The van der Waals surface area contributed by atoms with Crippen molar-refractivity contribution in [2.75, 3.05) is 0 Å². The third-order valence-corrected chi connectivity index (χ3v) is 2.82. The van der Waals surface area contributed by atoms with E-state index in [2.05, 4.69) is 0 Å². The summed E-state index contributed by atoms with van der Waals surface area (Å²) in [6.45, 7) is 6.52. The molecule has 0 saturated heterocycles. The normalized spacial score (nSPS) is 12.9. The highest BCUT2D eigenvalue weighted by molar-refractivity contribution is 5.72. The number of alkyl halides is 3. The Kier molecular flexibility index (Phi) is 6.62. The van der Waals surface area contributed by atoms with Gasteiger partial charge in [0, 0.05) is 5.92 Å². The molecule has 0 saturated carbocycles. The lowest BCUT2D eigenvalue weighted by molar-refractivity contribution is -0.181. The number of carbonyl (C=O) groups is 2. The van der Waals surface area contributed by atoms with Crippen LogP contribution >= 0.6 is 0 Å². The van der Waals surface area contributed by atoms with Crippen LogP contribution in [0.15, 0.2) is 24.3 Å². The molecule has 0 N–H and O–H groups in total. The van der Waals surface area contributed by atoms with Crippen LogP contribution in [-0.4, -0.2) is 18.4 Å². The van der Waals surface area contributed by atoms with Gasteiger partial charge in [-0.3, -0.25) is 4.79 Å². The van der Waals surface area contributed by atoms with Gasteiger partial charge in [0.1, 0.15) is 5.75 Å². The zero-order valence-electron chi connectivity index (χ0n) is 13.7. The first-order valence-corrected chi connectivity index (χ1v) is 7.27. The zero-order valence-corrected chi connectivity index (χ0v) is 13.7. The lowest BCUT2D eigenvalue weighted by Gasteiger charge is -2.21. The molecule has 0 amide bonds. The van der Waals surface area contributed by atoms with E-state index in [1.807, 2.05) is 0 Å². The Hall–Kier alpha value is -2.25. The maximum atomic E-state index is 12.6. The fourth-order valence-electron chi connectivity index (χ4n) is 1.50. The van der Waals surface area contributed by atoms with Gasteiger partial charge in [0.2, 0.25) is 0 Å². The van der Waals surface area contributed by atoms with E-state index >= 15 is 0 Å². The van der Waals surface area contributed by atoms with Crippen LogP contribution in [0, 0.1) is 11.8 Å². The molecule has 0 radical (unpaired) electrons. The first-order chi connectivity index (χ1) is 11.0. The monoisotopic (exact) mass is 348 g/mol. The Morgan fingerprint density at radius 1 is 1.04 bits per heavy atom. The van der Waals surface area contributed by atoms with E-state index in [1.54, 1.807) is 27.7 Å². The number of hydrogen-bond donors (Lipinski definition) is 0. The number of benzene rings is 1. The largest absolute Gasteiger partial charge is 0.516 e. The molecule has 0 bridgehead atoms. The molecule has 1 aromatic carbocycles. The van der Waals surface area contributed by atoms with E-state index < -0.39 is 36.1 Å². The van der Waals surface area contributed by atoms with Crippen LogP contribution in [0.1, 0.15) is 33.3 Å². The van der Waals surface area contributed by atoms with Crippen molar-refractivity contribution in [3.8, 4) is 5.75 Å². The number of esters is 1. The quantitative estimate of drug-likeness (QED) is 0.448. The van der Waals surface area contributed by atoms with Crippen molar-refractivity contribution < 1.29 is 37.0 Å². The van der Waals surface area contributed by atoms with Gasteiger partial charge in [-0.15, -0.1) is 0 Å². The number of ether oxygens (including phenoxy) is 3. The fourth-order valence-corrected chi connectivity index (χ4v) is 1.50. The number of halogens is 3. The van der Waals surface area contributed by atoms with E-state index in [0.717, 1.165) is 12.1 Å². The maximum absolute atomic E-state index is 12.6. The average molecular weight is 348 g/mol. The van der Waals surface area contributed by atoms with Crippen LogP contribution in [0.5, 0.6) is 5.75 Å². The molecule has 0 heterocycles. The van der Waals surface area contributed by atoms with Gasteiger partial charge < -0.3 is 14.2 Å². The molecule has 5 nitrogen and oxygen atoms in total. The Morgan fingerprint density at radius 3 is 2.17 bits per heavy atom. The minimum Gasteiger partial charge on any atom is -0.425 e. The molecule has 1 unspecified atom stereocenters. The molecule has 0 aliphatic carbocycles. The highest BCUT2D eigenvalue weighted by atomic mass is 19.4. The van der Waals surface area contributed by atoms with Crippen molar-refractivity contribution in [2.45, 2.75) is 40.2 Å². The van der Waals surface area contributed by atoms with E-state index in [1.165, 1.54) is 6.07 Å². The summed E-state index contributed by atoms with van der Waals surface area (Å²) in [5, 5.41) is 0. The summed E-state index contributed by atoms with van der Waals surface area (Å²) in [5.41, 5.74) is -0.959. The highest BCUT2D eigenvalue weighted by Crippen LogP contribution is 2.31. The highest BCUT2D eigenvalue weighted by Gasteiger charge is 2.31. The van der Waals surface area contributed by atoms with E-state index in [4.69, 9.17) is 14.2 Å².